The summed E-state index contributed by atoms with van der Waals surface area (Å²) in [5.41, 5.74) is 6.49. The standard InChI is InChI=1S/C12H21N5/c1-9(2)8-17(5-4-11(13)14)12-6-10(3)7-15-16-12/h6-7,9H,4-5,8H2,1-3H3,(H3,13,14). The summed E-state index contributed by atoms with van der Waals surface area (Å²) in [6, 6.07) is 2.01. The van der Waals surface area contributed by atoms with Gasteiger partial charge in [0.05, 0.1) is 12.0 Å². The van der Waals surface area contributed by atoms with Crippen molar-refractivity contribution in [3.8, 4) is 0 Å². The van der Waals surface area contributed by atoms with Gasteiger partial charge in [0, 0.05) is 19.5 Å². The maximum atomic E-state index is 7.29. The van der Waals surface area contributed by atoms with Gasteiger partial charge in [-0.15, -0.1) is 5.10 Å². The molecule has 0 saturated heterocycles. The number of hydrogen-bond donors (Lipinski definition) is 2. The number of anilines is 1. The van der Waals surface area contributed by atoms with Gasteiger partial charge in [-0.1, -0.05) is 13.8 Å². The van der Waals surface area contributed by atoms with Crippen LogP contribution in [0.4, 0.5) is 5.82 Å². The molecule has 0 atom stereocenters. The Labute approximate surface area is 103 Å². The second kappa shape index (κ2) is 6.18. The molecule has 0 aliphatic heterocycles. The molecule has 0 aliphatic rings. The number of aryl methyl sites for hydroxylation is 1. The molecule has 0 amide bonds. The zero-order valence-electron chi connectivity index (χ0n) is 10.8. The highest BCUT2D eigenvalue weighted by Gasteiger charge is 2.10. The molecule has 1 aromatic rings. The third kappa shape index (κ3) is 4.80. The average Bonchev–Trinajstić information content (AvgIpc) is 2.23. The minimum Gasteiger partial charge on any atom is -0.388 e. The van der Waals surface area contributed by atoms with Crippen molar-refractivity contribution in [2.75, 3.05) is 18.0 Å². The van der Waals surface area contributed by atoms with Crippen molar-refractivity contribution in [1.29, 1.82) is 5.41 Å². The van der Waals surface area contributed by atoms with E-state index in [0.717, 1.165) is 17.9 Å². The van der Waals surface area contributed by atoms with E-state index in [9.17, 15) is 0 Å². The molecular formula is C12H21N5. The molecule has 1 rings (SSSR count). The molecule has 1 aromatic heterocycles. The molecule has 0 fully saturated rings. The fraction of sp³-hybridized carbons (Fsp3) is 0.583. The van der Waals surface area contributed by atoms with E-state index in [4.69, 9.17) is 11.1 Å². The first kappa shape index (κ1) is 13.4. The molecule has 0 spiro atoms. The highest BCUT2D eigenvalue weighted by molar-refractivity contribution is 5.77. The van der Waals surface area contributed by atoms with Gasteiger partial charge < -0.3 is 10.6 Å². The van der Waals surface area contributed by atoms with Crippen LogP contribution < -0.4 is 10.6 Å². The van der Waals surface area contributed by atoms with Crippen molar-refractivity contribution in [2.45, 2.75) is 27.2 Å². The molecule has 0 bridgehead atoms. The van der Waals surface area contributed by atoms with E-state index in [1.165, 1.54) is 0 Å². The van der Waals surface area contributed by atoms with Crippen LogP contribution in [0.3, 0.4) is 0 Å². The van der Waals surface area contributed by atoms with Gasteiger partial charge in [0.1, 0.15) is 0 Å². The normalized spacial score (nSPS) is 10.6. The molecule has 0 aromatic carbocycles. The van der Waals surface area contributed by atoms with Crippen LogP contribution >= 0.6 is 0 Å². The summed E-state index contributed by atoms with van der Waals surface area (Å²) in [5.74, 6) is 1.60. The first-order chi connectivity index (χ1) is 7.99. The Morgan fingerprint density at radius 3 is 2.76 bits per heavy atom. The lowest BCUT2D eigenvalue weighted by Crippen LogP contribution is -2.32. The number of nitrogens with one attached hydrogen (secondary N) is 1. The zero-order valence-corrected chi connectivity index (χ0v) is 10.8. The molecule has 17 heavy (non-hydrogen) atoms. The summed E-state index contributed by atoms with van der Waals surface area (Å²) in [7, 11) is 0. The van der Waals surface area contributed by atoms with Gasteiger partial charge in [-0.3, -0.25) is 5.41 Å². The number of amidine groups is 1. The summed E-state index contributed by atoms with van der Waals surface area (Å²) in [4.78, 5) is 2.13. The minimum atomic E-state index is 0.208. The van der Waals surface area contributed by atoms with Crippen molar-refractivity contribution in [2.24, 2.45) is 11.7 Å². The van der Waals surface area contributed by atoms with E-state index in [1.807, 2.05) is 13.0 Å². The molecule has 0 saturated carbocycles. The topological polar surface area (TPSA) is 78.9 Å². The Morgan fingerprint density at radius 2 is 2.24 bits per heavy atom. The van der Waals surface area contributed by atoms with E-state index < -0.39 is 0 Å². The lowest BCUT2D eigenvalue weighted by atomic mass is 10.2. The third-order valence-electron chi connectivity index (χ3n) is 2.34. The highest BCUT2D eigenvalue weighted by Crippen LogP contribution is 2.13. The average molecular weight is 235 g/mol. The monoisotopic (exact) mass is 235 g/mol. The minimum absolute atomic E-state index is 0.208. The molecule has 1 heterocycles. The number of nitrogens with two attached hydrogens (primary N) is 1. The predicted molar refractivity (Wildman–Crippen MR) is 70.4 cm³/mol. The van der Waals surface area contributed by atoms with Gasteiger partial charge in [0.15, 0.2) is 5.82 Å². The van der Waals surface area contributed by atoms with Gasteiger partial charge in [-0.05, 0) is 24.5 Å². The van der Waals surface area contributed by atoms with Crippen LogP contribution in [0, 0.1) is 18.3 Å². The van der Waals surface area contributed by atoms with Crippen LogP contribution in [0.5, 0.6) is 0 Å². The van der Waals surface area contributed by atoms with Crippen molar-refractivity contribution >= 4 is 11.7 Å². The SMILES string of the molecule is Cc1cnnc(N(CCC(=N)N)CC(C)C)c1. The lowest BCUT2D eigenvalue weighted by Gasteiger charge is -2.25. The maximum absolute atomic E-state index is 7.29. The Hall–Kier alpha value is -1.65. The largest absolute Gasteiger partial charge is 0.388 e. The molecular weight excluding hydrogens is 214 g/mol. The van der Waals surface area contributed by atoms with Crippen molar-refractivity contribution in [3.05, 3.63) is 17.8 Å². The number of aromatic nitrogens is 2. The number of hydrogen-bond acceptors (Lipinski definition) is 4. The summed E-state index contributed by atoms with van der Waals surface area (Å²) < 4.78 is 0. The Kier molecular flexibility index (Phi) is 4.87. The van der Waals surface area contributed by atoms with E-state index in [0.29, 0.717) is 18.9 Å². The Morgan fingerprint density at radius 1 is 1.53 bits per heavy atom. The van der Waals surface area contributed by atoms with Crippen LogP contribution in [0.15, 0.2) is 12.3 Å². The molecule has 0 aliphatic carbocycles. The van der Waals surface area contributed by atoms with Gasteiger partial charge in [-0.2, -0.15) is 5.10 Å². The van der Waals surface area contributed by atoms with Crippen molar-refractivity contribution in [3.63, 3.8) is 0 Å². The summed E-state index contributed by atoms with van der Waals surface area (Å²) in [6.45, 7) is 7.92. The third-order valence-corrected chi connectivity index (χ3v) is 2.34. The molecule has 5 heteroatoms. The van der Waals surface area contributed by atoms with Crippen LogP contribution in [-0.4, -0.2) is 29.1 Å². The van der Waals surface area contributed by atoms with E-state index in [-0.39, 0.29) is 5.84 Å². The van der Waals surface area contributed by atoms with E-state index in [1.54, 1.807) is 6.20 Å². The predicted octanol–water partition coefficient (Wildman–Crippen LogP) is 1.57. The Balaban J connectivity index is 2.77. The molecule has 5 nitrogen and oxygen atoms in total. The zero-order chi connectivity index (χ0) is 12.8. The van der Waals surface area contributed by atoms with Gasteiger partial charge in [-0.25, -0.2) is 0 Å². The lowest BCUT2D eigenvalue weighted by molar-refractivity contribution is 0.606. The first-order valence-corrected chi connectivity index (χ1v) is 5.86. The maximum Gasteiger partial charge on any atom is 0.151 e. The molecule has 0 radical (unpaired) electrons. The van der Waals surface area contributed by atoms with E-state index in [2.05, 4.69) is 28.9 Å². The van der Waals surface area contributed by atoms with Crippen molar-refractivity contribution < 1.29 is 0 Å². The molecule has 0 unspecified atom stereocenters. The fourth-order valence-corrected chi connectivity index (χ4v) is 1.60. The summed E-state index contributed by atoms with van der Waals surface area (Å²) >= 11 is 0. The number of nitrogens with zero attached hydrogens (tertiary/aromatic N) is 3. The summed E-state index contributed by atoms with van der Waals surface area (Å²) in [6.07, 6.45) is 2.30. The van der Waals surface area contributed by atoms with Gasteiger partial charge in [0.25, 0.3) is 0 Å². The van der Waals surface area contributed by atoms with Crippen LogP contribution in [0.2, 0.25) is 0 Å². The molecule has 3 N–H and O–H groups in total. The highest BCUT2D eigenvalue weighted by atomic mass is 15.3. The van der Waals surface area contributed by atoms with Crippen molar-refractivity contribution in [1.82, 2.24) is 10.2 Å². The van der Waals surface area contributed by atoms with Crippen LogP contribution in [0.25, 0.3) is 0 Å². The van der Waals surface area contributed by atoms with Gasteiger partial charge >= 0.3 is 0 Å². The smallest absolute Gasteiger partial charge is 0.151 e. The van der Waals surface area contributed by atoms with Crippen LogP contribution in [0.1, 0.15) is 25.8 Å². The quantitative estimate of drug-likeness (QED) is 0.579. The summed E-state index contributed by atoms with van der Waals surface area (Å²) in [5, 5.41) is 15.4. The van der Waals surface area contributed by atoms with E-state index >= 15 is 0 Å². The van der Waals surface area contributed by atoms with Gasteiger partial charge in [0.2, 0.25) is 0 Å². The number of rotatable bonds is 6. The second-order valence-corrected chi connectivity index (χ2v) is 4.71. The second-order valence-electron chi connectivity index (χ2n) is 4.71. The Bertz CT molecular complexity index is 375. The first-order valence-electron chi connectivity index (χ1n) is 5.86. The van der Waals surface area contributed by atoms with Crippen LogP contribution in [-0.2, 0) is 0 Å². The molecule has 94 valence electrons. The fourth-order valence-electron chi connectivity index (χ4n) is 1.60.